The first-order valence-electron chi connectivity index (χ1n) is 4.74. The van der Waals surface area contributed by atoms with Crippen LogP contribution in [0.3, 0.4) is 0 Å². The van der Waals surface area contributed by atoms with E-state index < -0.39 is 11.4 Å². The van der Waals surface area contributed by atoms with Crippen molar-refractivity contribution in [3.8, 4) is 0 Å². The van der Waals surface area contributed by atoms with E-state index in [1.54, 1.807) is 0 Å². The minimum absolute atomic E-state index is 0.220. The molecule has 0 saturated heterocycles. The molecule has 4 N–H and O–H groups in total. The summed E-state index contributed by atoms with van der Waals surface area (Å²) >= 11 is 0. The number of hydrogen-bond acceptors (Lipinski definition) is 4. The van der Waals surface area contributed by atoms with E-state index in [9.17, 15) is 4.79 Å². The lowest BCUT2D eigenvalue weighted by Gasteiger charge is -2.26. The van der Waals surface area contributed by atoms with E-state index in [1.165, 1.54) is 13.0 Å². The molecule has 0 aromatic carbocycles. The van der Waals surface area contributed by atoms with Crippen LogP contribution in [0.25, 0.3) is 0 Å². The van der Waals surface area contributed by atoms with Gasteiger partial charge in [0.15, 0.2) is 0 Å². The average molecular weight is 218 g/mol. The summed E-state index contributed by atoms with van der Waals surface area (Å²) in [7, 11) is 0. The Morgan fingerprint density at radius 2 is 1.67 bits per heavy atom. The minimum atomic E-state index is -0.988. The van der Waals surface area contributed by atoms with Crippen molar-refractivity contribution >= 4 is 5.97 Å². The van der Waals surface area contributed by atoms with Crippen molar-refractivity contribution in [3.05, 3.63) is 11.6 Å². The first-order chi connectivity index (χ1) is 7.01. The van der Waals surface area contributed by atoms with E-state index in [0.717, 1.165) is 0 Å². The molecule has 88 valence electrons. The van der Waals surface area contributed by atoms with Gasteiger partial charge in [0.25, 0.3) is 0 Å². The van der Waals surface area contributed by atoms with Crippen LogP contribution in [-0.2, 0) is 4.79 Å². The molecular weight excluding hydrogens is 200 g/mol. The standard InChI is InChI=1S/C10H18O5/c1-8(9(14)15)3-2-4-10(5-11,6-12)7-13/h3,11-13H,2,4-7H2,1H3,(H,14,15). The van der Waals surface area contributed by atoms with Gasteiger partial charge >= 0.3 is 5.97 Å². The molecule has 0 amide bonds. The monoisotopic (exact) mass is 218 g/mol. The van der Waals surface area contributed by atoms with Gasteiger partial charge in [-0.15, -0.1) is 0 Å². The topological polar surface area (TPSA) is 98.0 Å². The summed E-state index contributed by atoms with van der Waals surface area (Å²) in [6, 6.07) is 0. The lowest BCUT2D eigenvalue weighted by Crippen LogP contribution is -2.33. The molecular formula is C10H18O5. The highest BCUT2D eigenvalue weighted by Gasteiger charge is 2.26. The summed E-state index contributed by atoms with van der Waals surface area (Å²) in [6.45, 7) is 0.515. The van der Waals surface area contributed by atoms with Crippen molar-refractivity contribution in [1.82, 2.24) is 0 Å². The van der Waals surface area contributed by atoms with Crippen molar-refractivity contribution in [3.63, 3.8) is 0 Å². The summed E-state index contributed by atoms with van der Waals surface area (Å²) in [6.07, 6.45) is 2.26. The number of aliphatic carboxylic acids is 1. The predicted molar refractivity (Wildman–Crippen MR) is 54.3 cm³/mol. The number of carboxylic acid groups (broad SMARTS) is 1. The summed E-state index contributed by atoms with van der Waals surface area (Å²) in [5, 5.41) is 35.5. The van der Waals surface area contributed by atoms with Crippen LogP contribution in [0.4, 0.5) is 0 Å². The van der Waals surface area contributed by atoms with E-state index in [4.69, 9.17) is 20.4 Å². The molecule has 0 atom stereocenters. The highest BCUT2D eigenvalue weighted by molar-refractivity contribution is 5.85. The maximum atomic E-state index is 10.4. The normalized spacial score (nSPS) is 12.9. The lowest BCUT2D eigenvalue weighted by atomic mass is 9.85. The summed E-state index contributed by atoms with van der Waals surface area (Å²) in [5.41, 5.74) is -0.701. The predicted octanol–water partition coefficient (Wildman–Crippen LogP) is -0.239. The van der Waals surface area contributed by atoms with Crippen LogP contribution in [-0.4, -0.2) is 46.2 Å². The molecule has 0 aliphatic heterocycles. The molecule has 0 aliphatic rings. The highest BCUT2D eigenvalue weighted by Crippen LogP contribution is 2.22. The highest BCUT2D eigenvalue weighted by atomic mass is 16.4. The van der Waals surface area contributed by atoms with Crippen LogP contribution in [0.1, 0.15) is 19.8 Å². The van der Waals surface area contributed by atoms with E-state index in [-0.39, 0.29) is 25.4 Å². The van der Waals surface area contributed by atoms with Crippen molar-refractivity contribution < 1.29 is 25.2 Å². The van der Waals surface area contributed by atoms with Gasteiger partial charge in [-0.2, -0.15) is 0 Å². The van der Waals surface area contributed by atoms with E-state index >= 15 is 0 Å². The fourth-order valence-electron chi connectivity index (χ4n) is 1.07. The zero-order valence-electron chi connectivity index (χ0n) is 8.81. The maximum absolute atomic E-state index is 10.4. The number of aliphatic hydroxyl groups excluding tert-OH is 3. The molecule has 0 rings (SSSR count). The largest absolute Gasteiger partial charge is 0.478 e. The van der Waals surface area contributed by atoms with Gasteiger partial charge in [-0.05, 0) is 19.8 Å². The van der Waals surface area contributed by atoms with Crippen LogP contribution >= 0.6 is 0 Å². The van der Waals surface area contributed by atoms with Crippen LogP contribution in [0.5, 0.6) is 0 Å². The quantitative estimate of drug-likeness (QED) is 0.442. The second-order valence-electron chi connectivity index (χ2n) is 3.71. The van der Waals surface area contributed by atoms with Gasteiger partial charge in [0.05, 0.1) is 19.8 Å². The zero-order valence-corrected chi connectivity index (χ0v) is 8.81. The third-order valence-corrected chi connectivity index (χ3v) is 2.47. The van der Waals surface area contributed by atoms with Gasteiger partial charge in [0.1, 0.15) is 0 Å². The van der Waals surface area contributed by atoms with Gasteiger partial charge < -0.3 is 20.4 Å². The fraction of sp³-hybridized carbons (Fsp3) is 0.700. The molecule has 0 aromatic heterocycles. The zero-order chi connectivity index (χ0) is 11.9. The lowest BCUT2D eigenvalue weighted by molar-refractivity contribution is -0.132. The van der Waals surface area contributed by atoms with Crippen LogP contribution in [0, 0.1) is 5.41 Å². The van der Waals surface area contributed by atoms with Crippen LogP contribution in [0.2, 0.25) is 0 Å². The number of allylic oxidation sites excluding steroid dienone is 1. The Bertz CT molecular complexity index is 222. The molecule has 0 unspecified atom stereocenters. The molecule has 5 nitrogen and oxygen atoms in total. The van der Waals surface area contributed by atoms with Gasteiger partial charge in [-0.3, -0.25) is 0 Å². The number of carboxylic acids is 1. The Hall–Kier alpha value is -0.910. The maximum Gasteiger partial charge on any atom is 0.330 e. The first-order valence-corrected chi connectivity index (χ1v) is 4.74. The molecule has 15 heavy (non-hydrogen) atoms. The van der Waals surface area contributed by atoms with Gasteiger partial charge in [0, 0.05) is 11.0 Å². The number of hydrogen-bond donors (Lipinski definition) is 4. The Morgan fingerprint density at radius 1 is 1.20 bits per heavy atom. The first kappa shape index (κ1) is 14.1. The van der Waals surface area contributed by atoms with Gasteiger partial charge in [-0.25, -0.2) is 4.79 Å². The molecule has 0 fully saturated rings. The number of carbonyl (C=O) groups is 1. The molecule has 5 heteroatoms. The number of aliphatic hydroxyl groups is 3. The Labute approximate surface area is 88.7 Å². The van der Waals surface area contributed by atoms with E-state index in [0.29, 0.717) is 12.8 Å². The minimum Gasteiger partial charge on any atom is -0.478 e. The smallest absolute Gasteiger partial charge is 0.330 e. The van der Waals surface area contributed by atoms with Crippen molar-refractivity contribution in [2.75, 3.05) is 19.8 Å². The second-order valence-corrected chi connectivity index (χ2v) is 3.71. The third kappa shape index (κ3) is 4.42. The number of rotatable bonds is 7. The third-order valence-electron chi connectivity index (χ3n) is 2.47. The van der Waals surface area contributed by atoms with Crippen LogP contribution in [0.15, 0.2) is 11.6 Å². The fourth-order valence-corrected chi connectivity index (χ4v) is 1.07. The van der Waals surface area contributed by atoms with E-state index in [1.807, 2.05) is 0 Å². The molecule has 0 radical (unpaired) electrons. The SMILES string of the molecule is CC(=CCCC(CO)(CO)CO)C(=O)O. The Kier molecular flexibility index (Phi) is 6.15. The summed E-state index contributed by atoms with van der Waals surface area (Å²) in [5.74, 6) is -0.988. The van der Waals surface area contributed by atoms with Gasteiger partial charge in [-0.1, -0.05) is 6.08 Å². The molecule has 0 saturated carbocycles. The molecule has 0 bridgehead atoms. The van der Waals surface area contributed by atoms with Crippen molar-refractivity contribution in [2.24, 2.45) is 5.41 Å². The summed E-state index contributed by atoms with van der Waals surface area (Å²) in [4.78, 5) is 10.4. The average Bonchev–Trinajstić information content (AvgIpc) is 2.24. The van der Waals surface area contributed by atoms with E-state index in [2.05, 4.69) is 0 Å². The molecule has 0 aromatic rings. The van der Waals surface area contributed by atoms with Crippen LogP contribution < -0.4 is 0 Å². The molecule has 0 aliphatic carbocycles. The second kappa shape index (κ2) is 6.55. The summed E-state index contributed by atoms with van der Waals surface area (Å²) < 4.78 is 0. The Balaban J connectivity index is 4.23. The molecule has 0 heterocycles. The Morgan fingerprint density at radius 3 is 2.00 bits per heavy atom. The van der Waals surface area contributed by atoms with Crippen molar-refractivity contribution in [1.29, 1.82) is 0 Å². The van der Waals surface area contributed by atoms with Gasteiger partial charge in [0.2, 0.25) is 0 Å². The van der Waals surface area contributed by atoms with Crippen molar-refractivity contribution in [2.45, 2.75) is 19.8 Å². The molecule has 0 spiro atoms.